The third kappa shape index (κ3) is 1.46. The highest BCUT2D eigenvalue weighted by Crippen LogP contribution is 2.03. The summed E-state index contributed by atoms with van der Waals surface area (Å²) < 4.78 is 0. The van der Waals surface area contributed by atoms with Crippen LogP contribution in [-0.4, -0.2) is 25.2 Å². The Balaban J connectivity index is 2.41. The maximum Gasteiger partial charge on any atom is 0.176 e. The minimum atomic E-state index is 0.606. The van der Waals surface area contributed by atoms with Gasteiger partial charge in [-0.1, -0.05) is 0 Å². The molecule has 0 unspecified atom stereocenters. The maximum absolute atomic E-state index is 5.48. The monoisotopic (exact) mass is 176 g/mol. The molecule has 0 saturated heterocycles. The van der Waals surface area contributed by atoms with Gasteiger partial charge in [0, 0.05) is 0 Å². The lowest BCUT2D eigenvalue weighted by atomic mass is 10.4. The molecule has 0 amide bonds. The first kappa shape index (κ1) is 7.66. The van der Waals surface area contributed by atoms with Crippen LogP contribution in [0, 0.1) is 6.92 Å². The van der Waals surface area contributed by atoms with Crippen molar-refractivity contribution in [3.05, 3.63) is 24.2 Å². The number of anilines is 1. The quantitative estimate of drug-likeness (QED) is 0.658. The Morgan fingerprint density at radius 3 is 2.77 bits per heavy atom. The molecule has 0 aliphatic carbocycles. The lowest BCUT2D eigenvalue weighted by molar-refractivity contribution is 0.700. The zero-order valence-electron chi connectivity index (χ0n) is 7.05. The highest BCUT2D eigenvalue weighted by atomic mass is 15.6. The summed E-state index contributed by atoms with van der Waals surface area (Å²) in [5, 5.41) is 11.5. The lowest BCUT2D eigenvalue weighted by Gasteiger charge is -1.96. The predicted molar refractivity (Wildman–Crippen MR) is 46.1 cm³/mol. The maximum atomic E-state index is 5.48. The zero-order valence-corrected chi connectivity index (χ0v) is 7.05. The third-order valence-corrected chi connectivity index (χ3v) is 1.49. The zero-order chi connectivity index (χ0) is 9.26. The van der Waals surface area contributed by atoms with Crippen LogP contribution in [0.3, 0.4) is 0 Å². The molecule has 66 valence electrons. The van der Waals surface area contributed by atoms with Crippen LogP contribution >= 0.6 is 0 Å². The molecule has 2 aromatic heterocycles. The molecule has 0 aliphatic rings. The Morgan fingerprint density at radius 2 is 2.23 bits per heavy atom. The number of nitrogen functional groups attached to an aromatic ring is 1. The highest BCUT2D eigenvalue weighted by molar-refractivity contribution is 5.37. The van der Waals surface area contributed by atoms with Crippen LogP contribution in [0.25, 0.3) is 5.82 Å². The Morgan fingerprint density at radius 1 is 1.38 bits per heavy atom. The van der Waals surface area contributed by atoms with Crippen molar-refractivity contribution in [2.45, 2.75) is 6.92 Å². The van der Waals surface area contributed by atoms with Crippen molar-refractivity contribution in [2.75, 3.05) is 5.73 Å². The molecular weight excluding hydrogens is 168 g/mol. The van der Waals surface area contributed by atoms with Crippen LogP contribution in [0.2, 0.25) is 0 Å². The molecule has 6 heteroatoms. The van der Waals surface area contributed by atoms with Crippen molar-refractivity contribution < 1.29 is 0 Å². The van der Waals surface area contributed by atoms with Gasteiger partial charge < -0.3 is 5.73 Å². The summed E-state index contributed by atoms with van der Waals surface area (Å²) in [7, 11) is 0. The number of nitrogens with two attached hydrogens (primary N) is 1. The molecule has 0 aliphatic heterocycles. The summed E-state index contributed by atoms with van der Waals surface area (Å²) >= 11 is 0. The first-order chi connectivity index (χ1) is 6.25. The summed E-state index contributed by atoms with van der Waals surface area (Å²) in [5.41, 5.74) is 6.09. The largest absolute Gasteiger partial charge is 0.397 e. The van der Waals surface area contributed by atoms with E-state index in [1.165, 1.54) is 4.80 Å². The highest BCUT2D eigenvalue weighted by Gasteiger charge is 2.00. The van der Waals surface area contributed by atoms with Crippen molar-refractivity contribution >= 4 is 5.69 Å². The van der Waals surface area contributed by atoms with Crippen LogP contribution in [0.5, 0.6) is 0 Å². The summed E-state index contributed by atoms with van der Waals surface area (Å²) in [4.78, 5) is 5.39. The van der Waals surface area contributed by atoms with Gasteiger partial charge in [0.1, 0.15) is 0 Å². The molecule has 2 heterocycles. The number of pyridine rings is 1. The predicted octanol–water partition coefficient (Wildman–Crippen LogP) is -0.0521. The van der Waals surface area contributed by atoms with Gasteiger partial charge in [-0.05, 0) is 24.3 Å². The topological polar surface area (TPSA) is 82.5 Å². The van der Waals surface area contributed by atoms with E-state index in [1.807, 2.05) is 0 Å². The van der Waals surface area contributed by atoms with E-state index in [2.05, 4.69) is 20.4 Å². The van der Waals surface area contributed by atoms with Gasteiger partial charge in [0.15, 0.2) is 11.6 Å². The Labute approximate surface area is 74.4 Å². The fourth-order valence-corrected chi connectivity index (χ4v) is 0.897. The molecule has 0 fully saturated rings. The van der Waals surface area contributed by atoms with Gasteiger partial charge in [-0.2, -0.15) is 0 Å². The van der Waals surface area contributed by atoms with Crippen molar-refractivity contribution in [1.29, 1.82) is 0 Å². The molecule has 0 radical (unpaired) electrons. The van der Waals surface area contributed by atoms with Crippen LogP contribution in [-0.2, 0) is 0 Å². The Kier molecular flexibility index (Phi) is 1.66. The average Bonchev–Trinajstić information content (AvgIpc) is 2.53. The van der Waals surface area contributed by atoms with Gasteiger partial charge in [-0.3, -0.25) is 0 Å². The molecule has 6 nitrogen and oxygen atoms in total. The molecule has 0 atom stereocenters. The summed E-state index contributed by atoms with van der Waals surface area (Å²) in [6, 6.07) is 3.47. The molecule has 13 heavy (non-hydrogen) atoms. The van der Waals surface area contributed by atoms with E-state index in [1.54, 1.807) is 25.3 Å². The Bertz CT molecular complexity index is 403. The van der Waals surface area contributed by atoms with E-state index in [0.29, 0.717) is 17.3 Å². The van der Waals surface area contributed by atoms with E-state index in [0.717, 1.165) is 0 Å². The minimum absolute atomic E-state index is 0.606. The SMILES string of the molecule is Cc1nnn(-c2ccc(N)cn2)n1. The molecule has 2 N–H and O–H groups in total. The van der Waals surface area contributed by atoms with Gasteiger partial charge in [0.25, 0.3) is 0 Å². The molecule has 0 spiro atoms. The molecule has 2 rings (SSSR count). The van der Waals surface area contributed by atoms with Crippen LogP contribution < -0.4 is 5.73 Å². The first-order valence-corrected chi connectivity index (χ1v) is 3.74. The number of tetrazole rings is 1. The number of hydrogen-bond acceptors (Lipinski definition) is 5. The summed E-state index contributed by atoms with van der Waals surface area (Å²) in [5.74, 6) is 1.22. The van der Waals surface area contributed by atoms with E-state index >= 15 is 0 Å². The van der Waals surface area contributed by atoms with Crippen LogP contribution in [0.1, 0.15) is 5.82 Å². The van der Waals surface area contributed by atoms with Crippen LogP contribution in [0.4, 0.5) is 5.69 Å². The first-order valence-electron chi connectivity index (χ1n) is 3.74. The van der Waals surface area contributed by atoms with Crippen molar-refractivity contribution in [3.8, 4) is 5.82 Å². The molecule has 0 bridgehead atoms. The number of rotatable bonds is 1. The van der Waals surface area contributed by atoms with Gasteiger partial charge in [-0.25, -0.2) is 4.98 Å². The van der Waals surface area contributed by atoms with Crippen molar-refractivity contribution in [3.63, 3.8) is 0 Å². The number of hydrogen-bond donors (Lipinski definition) is 1. The molecule has 0 aromatic carbocycles. The summed E-state index contributed by atoms with van der Waals surface area (Å²) in [6.07, 6.45) is 1.55. The van der Waals surface area contributed by atoms with Gasteiger partial charge in [0.05, 0.1) is 11.9 Å². The van der Waals surface area contributed by atoms with Crippen molar-refractivity contribution in [1.82, 2.24) is 25.2 Å². The number of nitrogens with zero attached hydrogens (tertiary/aromatic N) is 5. The fraction of sp³-hybridized carbons (Fsp3) is 0.143. The van der Waals surface area contributed by atoms with Gasteiger partial charge in [-0.15, -0.1) is 15.0 Å². The minimum Gasteiger partial charge on any atom is -0.397 e. The van der Waals surface area contributed by atoms with E-state index in [9.17, 15) is 0 Å². The van der Waals surface area contributed by atoms with E-state index in [-0.39, 0.29) is 0 Å². The lowest BCUT2D eigenvalue weighted by Crippen LogP contribution is -2.02. The van der Waals surface area contributed by atoms with Gasteiger partial charge in [0.2, 0.25) is 0 Å². The number of aryl methyl sites for hydroxylation is 1. The fourth-order valence-electron chi connectivity index (χ4n) is 0.897. The Hall–Kier alpha value is -1.98. The van der Waals surface area contributed by atoms with E-state index in [4.69, 9.17) is 5.73 Å². The van der Waals surface area contributed by atoms with Crippen molar-refractivity contribution in [2.24, 2.45) is 0 Å². The number of aromatic nitrogens is 5. The second-order valence-electron chi connectivity index (χ2n) is 2.58. The van der Waals surface area contributed by atoms with E-state index < -0.39 is 0 Å². The normalized spacial score (nSPS) is 10.2. The van der Waals surface area contributed by atoms with Gasteiger partial charge >= 0.3 is 0 Å². The third-order valence-electron chi connectivity index (χ3n) is 1.49. The molecule has 2 aromatic rings. The smallest absolute Gasteiger partial charge is 0.176 e. The molecule has 0 saturated carbocycles. The second-order valence-corrected chi connectivity index (χ2v) is 2.58. The molecular formula is C7H8N6. The standard InChI is InChI=1S/C7H8N6/c1-5-10-12-13(11-5)7-3-2-6(8)4-9-7/h2-4H,8H2,1H3. The average molecular weight is 176 g/mol. The van der Waals surface area contributed by atoms with Crippen LogP contribution in [0.15, 0.2) is 18.3 Å². The summed E-state index contributed by atoms with van der Waals surface area (Å²) in [6.45, 7) is 1.76. The second kappa shape index (κ2) is 2.81.